The number of nitrogens with zero attached hydrogens (tertiary/aromatic N) is 1. The lowest BCUT2D eigenvalue weighted by molar-refractivity contribution is -0.136. The first-order chi connectivity index (χ1) is 15.6. The monoisotopic (exact) mass is 430 g/mol. The Morgan fingerprint density at radius 2 is 1.59 bits per heavy atom. The van der Waals surface area contributed by atoms with Gasteiger partial charge in [-0.1, -0.05) is 66.7 Å². The maximum atomic E-state index is 14.5. The van der Waals surface area contributed by atoms with Crippen molar-refractivity contribution >= 4 is 11.5 Å². The second kappa shape index (κ2) is 8.67. The van der Waals surface area contributed by atoms with E-state index in [1.165, 1.54) is 6.07 Å². The number of hydrogen-bond acceptors (Lipinski definition) is 2. The molecule has 3 aromatic carbocycles. The zero-order valence-corrected chi connectivity index (χ0v) is 17.5. The molecule has 1 fully saturated rings. The van der Waals surface area contributed by atoms with Crippen molar-refractivity contribution in [2.75, 3.05) is 13.1 Å². The van der Waals surface area contributed by atoms with Gasteiger partial charge in [0.15, 0.2) is 0 Å². The zero-order valence-electron chi connectivity index (χ0n) is 17.5. The molecule has 0 aliphatic carbocycles. The number of rotatable bonds is 4. The topological polar surface area (TPSA) is 32.3 Å². The van der Waals surface area contributed by atoms with Crippen molar-refractivity contribution in [3.63, 3.8) is 0 Å². The minimum atomic E-state index is -0.493. The van der Waals surface area contributed by atoms with Crippen molar-refractivity contribution in [1.82, 2.24) is 10.2 Å². The van der Waals surface area contributed by atoms with Gasteiger partial charge in [0.05, 0.1) is 12.0 Å². The fourth-order valence-corrected chi connectivity index (χ4v) is 4.87. The molecule has 1 N–H and O–H groups in total. The van der Waals surface area contributed by atoms with E-state index in [4.69, 9.17) is 0 Å². The van der Waals surface area contributed by atoms with Crippen molar-refractivity contribution in [2.45, 2.75) is 18.5 Å². The van der Waals surface area contributed by atoms with Crippen LogP contribution in [0.3, 0.4) is 0 Å². The Labute approximate surface area is 186 Å². The maximum absolute atomic E-state index is 14.5. The van der Waals surface area contributed by atoms with Gasteiger partial charge in [-0.3, -0.25) is 4.79 Å². The Morgan fingerprint density at radius 3 is 2.31 bits per heavy atom. The smallest absolute Gasteiger partial charge is 0.228 e. The van der Waals surface area contributed by atoms with Crippen molar-refractivity contribution < 1.29 is 13.6 Å². The van der Waals surface area contributed by atoms with Gasteiger partial charge in [-0.15, -0.1) is 0 Å². The molecule has 32 heavy (non-hydrogen) atoms. The number of benzene rings is 3. The van der Waals surface area contributed by atoms with Crippen LogP contribution in [0.2, 0.25) is 0 Å². The van der Waals surface area contributed by atoms with Crippen molar-refractivity contribution in [3.8, 4) is 0 Å². The summed E-state index contributed by atoms with van der Waals surface area (Å²) < 4.78 is 28.4. The molecule has 2 aliphatic rings. The van der Waals surface area contributed by atoms with Crippen LogP contribution in [0.1, 0.15) is 35.2 Å². The fraction of sp³-hybridized carbons (Fsp3) is 0.222. The molecule has 0 spiro atoms. The minimum absolute atomic E-state index is 0.0285. The summed E-state index contributed by atoms with van der Waals surface area (Å²) in [4.78, 5) is 15.6. The molecule has 5 heteroatoms. The number of halogens is 2. The van der Waals surface area contributed by atoms with E-state index >= 15 is 0 Å². The van der Waals surface area contributed by atoms with Crippen LogP contribution in [0, 0.1) is 17.6 Å². The highest BCUT2D eigenvalue weighted by Crippen LogP contribution is 2.39. The highest BCUT2D eigenvalue weighted by Gasteiger charge is 2.40. The first-order valence-electron chi connectivity index (χ1n) is 10.9. The largest absolute Gasteiger partial charge is 0.327 e. The van der Waals surface area contributed by atoms with E-state index in [1.54, 1.807) is 0 Å². The minimum Gasteiger partial charge on any atom is -0.327 e. The summed E-state index contributed by atoms with van der Waals surface area (Å²) >= 11 is 0. The SMILES string of the molecule is O=C([C@H]1CCN[C@@H]1c1ccccc1)N1CC(c2cc(F)ccc2F)=CC1c1ccccc1. The van der Waals surface area contributed by atoms with Gasteiger partial charge in [0.1, 0.15) is 11.6 Å². The number of nitrogens with one attached hydrogen (secondary N) is 1. The van der Waals surface area contributed by atoms with Gasteiger partial charge in [0.25, 0.3) is 0 Å². The van der Waals surface area contributed by atoms with Crippen LogP contribution in [0.25, 0.3) is 5.57 Å². The molecule has 1 unspecified atom stereocenters. The van der Waals surface area contributed by atoms with Crippen molar-refractivity contribution in [1.29, 1.82) is 0 Å². The van der Waals surface area contributed by atoms with Gasteiger partial charge in [0, 0.05) is 18.2 Å². The molecule has 3 atom stereocenters. The van der Waals surface area contributed by atoms with Crippen LogP contribution in [-0.2, 0) is 4.79 Å². The normalized spacial score (nSPS) is 22.8. The molecule has 2 heterocycles. The van der Waals surface area contributed by atoms with E-state index < -0.39 is 11.6 Å². The lowest BCUT2D eigenvalue weighted by Crippen LogP contribution is -2.38. The summed E-state index contributed by atoms with van der Waals surface area (Å²) in [7, 11) is 0. The van der Waals surface area contributed by atoms with Crippen LogP contribution in [0.15, 0.2) is 84.9 Å². The maximum Gasteiger partial charge on any atom is 0.228 e. The Bertz CT molecular complexity index is 1150. The second-order valence-corrected chi connectivity index (χ2v) is 8.38. The first-order valence-corrected chi connectivity index (χ1v) is 10.9. The third-order valence-electron chi connectivity index (χ3n) is 6.43. The Morgan fingerprint density at radius 1 is 0.906 bits per heavy atom. The predicted molar refractivity (Wildman–Crippen MR) is 121 cm³/mol. The molecule has 0 bridgehead atoms. The Balaban J connectivity index is 1.49. The van der Waals surface area contributed by atoms with Crippen molar-refractivity contribution in [3.05, 3.63) is 113 Å². The van der Waals surface area contributed by atoms with E-state index in [1.807, 2.05) is 71.6 Å². The summed E-state index contributed by atoms with van der Waals surface area (Å²) in [5.74, 6) is -1.16. The van der Waals surface area contributed by atoms with Crippen LogP contribution in [0.5, 0.6) is 0 Å². The lowest BCUT2D eigenvalue weighted by Gasteiger charge is -2.30. The van der Waals surface area contributed by atoms with E-state index in [0.29, 0.717) is 5.57 Å². The summed E-state index contributed by atoms with van der Waals surface area (Å²) in [6.07, 6.45) is 2.63. The lowest BCUT2D eigenvalue weighted by atomic mass is 9.92. The Kier molecular flexibility index (Phi) is 5.58. The highest BCUT2D eigenvalue weighted by molar-refractivity contribution is 5.85. The quantitative estimate of drug-likeness (QED) is 0.611. The zero-order chi connectivity index (χ0) is 22.1. The molecule has 1 amide bonds. The summed E-state index contributed by atoms with van der Waals surface area (Å²) in [6.45, 7) is 1.01. The average Bonchev–Trinajstić information content (AvgIpc) is 3.49. The van der Waals surface area contributed by atoms with Crippen LogP contribution in [0.4, 0.5) is 8.78 Å². The molecule has 0 saturated carbocycles. The molecule has 162 valence electrons. The molecule has 0 radical (unpaired) electrons. The van der Waals surface area contributed by atoms with Crippen LogP contribution >= 0.6 is 0 Å². The van der Waals surface area contributed by atoms with Gasteiger partial charge < -0.3 is 10.2 Å². The fourth-order valence-electron chi connectivity index (χ4n) is 4.87. The van der Waals surface area contributed by atoms with E-state index in [0.717, 1.165) is 36.2 Å². The average molecular weight is 430 g/mol. The summed E-state index contributed by atoms with van der Waals surface area (Å²) in [5, 5.41) is 3.47. The number of hydrogen-bond donors (Lipinski definition) is 1. The van der Waals surface area contributed by atoms with Gasteiger partial charge in [0.2, 0.25) is 5.91 Å². The standard InChI is InChI=1S/C27H24F2N2O/c28-21-11-12-24(29)23(16-21)20-15-25(18-7-3-1-4-8-18)31(17-20)27(32)22-13-14-30-26(22)19-9-5-2-6-10-19/h1-12,15-16,22,25-26,30H,13-14,17H2/t22-,25?,26+/m0/s1. The molecular formula is C27H24F2N2O. The van der Waals surface area contributed by atoms with Crippen molar-refractivity contribution in [2.24, 2.45) is 5.92 Å². The Hall–Kier alpha value is -3.31. The number of amides is 1. The third-order valence-corrected chi connectivity index (χ3v) is 6.43. The number of carbonyl (C=O) groups excluding carboxylic acids is 1. The van der Waals surface area contributed by atoms with Gasteiger partial charge in [-0.05, 0) is 47.9 Å². The van der Waals surface area contributed by atoms with Gasteiger partial charge in [-0.25, -0.2) is 8.78 Å². The van der Waals surface area contributed by atoms with Gasteiger partial charge in [-0.2, -0.15) is 0 Å². The molecule has 2 aliphatic heterocycles. The summed E-state index contributed by atoms with van der Waals surface area (Å²) in [6, 6.07) is 22.8. The van der Waals surface area contributed by atoms with E-state index in [2.05, 4.69) is 5.32 Å². The summed E-state index contributed by atoms with van der Waals surface area (Å²) in [5.41, 5.74) is 2.88. The third kappa shape index (κ3) is 3.84. The second-order valence-electron chi connectivity index (χ2n) is 8.38. The molecular weight excluding hydrogens is 406 g/mol. The van der Waals surface area contributed by atoms with Crippen LogP contribution in [-0.4, -0.2) is 23.9 Å². The molecule has 5 rings (SSSR count). The molecule has 0 aromatic heterocycles. The van der Waals surface area contributed by atoms with E-state index in [9.17, 15) is 13.6 Å². The first kappa shape index (κ1) is 20.6. The van der Waals surface area contributed by atoms with E-state index in [-0.39, 0.29) is 36.0 Å². The highest BCUT2D eigenvalue weighted by atomic mass is 19.1. The van der Waals surface area contributed by atoms with Crippen LogP contribution < -0.4 is 5.32 Å². The molecule has 3 aromatic rings. The molecule has 1 saturated heterocycles. The number of carbonyl (C=O) groups is 1. The van der Waals surface area contributed by atoms with Gasteiger partial charge >= 0.3 is 0 Å². The predicted octanol–water partition coefficient (Wildman–Crippen LogP) is 5.28. The molecule has 3 nitrogen and oxygen atoms in total.